The minimum atomic E-state index is -0.0378. The Kier molecular flexibility index (Phi) is 2.99. The largest absolute Gasteiger partial charge is 0.397 e. The summed E-state index contributed by atoms with van der Waals surface area (Å²) in [5, 5.41) is 3.14. The van der Waals surface area contributed by atoms with Crippen LogP contribution in [0.2, 0.25) is 0 Å². The molecule has 2 aliphatic rings. The number of nitrogens with two attached hydrogens (primary N) is 1. The van der Waals surface area contributed by atoms with E-state index in [4.69, 9.17) is 5.73 Å². The predicted octanol–water partition coefficient (Wildman–Crippen LogP) is 0.953. The Hall–Kier alpha value is -1.49. The SMILES string of the molecule is Nc1c[nH]c(C(=O)NC2CCN3CCCCC23)c1. The van der Waals surface area contributed by atoms with Crippen LogP contribution in [0.15, 0.2) is 12.3 Å². The molecule has 2 unspecified atom stereocenters. The highest BCUT2D eigenvalue weighted by atomic mass is 16.2. The fourth-order valence-corrected chi connectivity index (χ4v) is 3.20. The van der Waals surface area contributed by atoms with Crippen molar-refractivity contribution in [2.24, 2.45) is 0 Å². The third-order valence-corrected chi connectivity index (χ3v) is 4.12. The monoisotopic (exact) mass is 248 g/mol. The first-order valence-corrected chi connectivity index (χ1v) is 6.73. The second-order valence-corrected chi connectivity index (χ2v) is 5.31. The van der Waals surface area contributed by atoms with Gasteiger partial charge in [0.15, 0.2) is 0 Å². The molecule has 1 amide bonds. The number of nitrogens with zero attached hydrogens (tertiary/aromatic N) is 1. The fourth-order valence-electron chi connectivity index (χ4n) is 3.20. The molecule has 2 atom stereocenters. The summed E-state index contributed by atoms with van der Waals surface area (Å²) < 4.78 is 0. The van der Waals surface area contributed by atoms with Gasteiger partial charge in [0.05, 0.1) is 0 Å². The van der Waals surface area contributed by atoms with E-state index in [2.05, 4.69) is 15.2 Å². The van der Waals surface area contributed by atoms with Gasteiger partial charge in [-0.25, -0.2) is 0 Å². The molecule has 18 heavy (non-hydrogen) atoms. The van der Waals surface area contributed by atoms with Gasteiger partial charge in [0, 0.05) is 30.5 Å². The van der Waals surface area contributed by atoms with Crippen molar-refractivity contribution in [1.82, 2.24) is 15.2 Å². The smallest absolute Gasteiger partial charge is 0.268 e. The highest BCUT2D eigenvalue weighted by Gasteiger charge is 2.36. The van der Waals surface area contributed by atoms with Crippen molar-refractivity contribution in [3.63, 3.8) is 0 Å². The molecule has 2 saturated heterocycles. The lowest BCUT2D eigenvalue weighted by Gasteiger charge is -2.32. The van der Waals surface area contributed by atoms with Crippen LogP contribution in [0.5, 0.6) is 0 Å². The Bertz CT molecular complexity index is 442. The molecule has 2 aliphatic heterocycles. The number of H-pyrrole nitrogens is 1. The van der Waals surface area contributed by atoms with Crippen molar-refractivity contribution in [2.45, 2.75) is 37.8 Å². The highest BCUT2D eigenvalue weighted by molar-refractivity contribution is 5.93. The topological polar surface area (TPSA) is 74.1 Å². The molecule has 0 bridgehead atoms. The van der Waals surface area contributed by atoms with Gasteiger partial charge in [-0.1, -0.05) is 6.42 Å². The normalized spacial score (nSPS) is 28.0. The Morgan fingerprint density at radius 3 is 3.06 bits per heavy atom. The number of hydrogen-bond acceptors (Lipinski definition) is 3. The van der Waals surface area contributed by atoms with Gasteiger partial charge >= 0.3 is 0 Å². The average molecular weight is 248 g/mol. The van der Waals surface area contributed by atoms with E-state index in [-0.39, 0.29) is 5.91 Å². The Balaban J connectivity index is 1.64. The number of hydrogen-bond donors (Lipinski definition) is 3. The number of carbonyl (C=O) groups is 1. The predicted molar refractivity (Wildman–Crippen MR) is 70.3 cm³/mol. The standard InChI is InChI=1S/C13H20N4O/c14-9-7-11(15-8-9)13(18)16-10-4-6-17-5-2-1-3-12(10)17/h7-8,10,12,15H,1-6,14H2,(H,16,18). The molecular weight excluding hydrogens is 228 g/mol. The van der Waals surface area contributed by atoms with E-state index in [1.807, 2.05) is 0 Å². The molecular formula is C13H20N4O. The quantitative estimate of drug-likeness (QED) is 0.729. The fraction of sp³-hybridized carbons (Fsp3) is 0.615. The van der Waals surface area contributed by atoms with Crippen LogP contribution in [0.3, 0.4) is 0 Å². The van der Waals surface area contributed by atoms with E-state index in [9.17, 15) is 4.79 Å². The number of rotatable bonds is 2. The Morgan fingerprint density at radius 2 is 2.28 bits per heavy atom. The minimum Gasteiger partial charge on any atom is -0.397 e. The van der Waals surface area contributed by atoms with E-state index in [0.717, 1.165) is 13.0 Å². The lowest BCUT2D eigenvalue weighted by atomic mass is 9.99. The first-order valence-electron chi connectivity index (χ1n) is 6.73. The first kappa shape index (κ1) is 11.6. The van der Waals surface area contributed by atoms with Gasteiger partial charge in [0.25, 0.3) is 5.91 Å². The first-order chi connectivity index (χ1) is 8.74. The van der Waals surface area contributed by atoms with Crippen molar-refractivity contribution in [3.8, 4) is 0 Å². The van der Waals surface area contributed by atoms with Crippen LogP contribution in [0.4, 0.5) is 5.69 Å². The zero-order valence-corrected chi connectivity index (χ0v) is 10.5. The maximum absolute atomic E-state index is 12.1. The van der Waals surface area contributed by atoms with Crippen molar-refractivity contribution >= 4 is 11.6 Å². The molecule has 0 radical (unpaired) electrons. The van der Waals surface area contributed by atoms with Crippen molar-refractivity contribution in [2.75, 3.05) is 18.8 Å². The van der Waals surface area contributed by atoms with Gasteiger partial charge in [0.1, 0.15) is 5.69 Å². The van der Waals surface area contributed by atoms with Gasteiger partial charge in [-0.15, -0.1) is 0 Å². The van der Waals surface area contributed by atoms with Crippen molar-refractivity contribution in [3.05, 3.63) is 18.0 Å². The number of aromatic amines is 1. The number of fused-ring (bicyclic) bond motifs is 1. The molecule has 1 aromatic rings. The summed E-state index contributed by atoms with van der Waals surface area (Å²) in [6, 6.07) is 2.51. The summed E-state index contributed by atoms with van der Waals surface area (Å²) in [6.07, 6.45) is 6.49. The number of piperidine rings is 1. The zero-order chi connectivity index (χ0) is 12.5. The van der Waals surface area contributed by atoms with Crippen molar-refractivity contribution in [1.29, 1.82) is 0 Å². The third-order valence-electron chi connectivity index (χ3n) is 4.12. The highest BCUT2D eigenvalue weighted by Crippen LogP contribution is 2.27. The second-order valence-electron chi connectivity index (χ2n) is 5.31. The third kappa shape index (κ3) is 2.10. The number of nitrogen functional groups attached to an aromatic ring is 1. The van der Waals surface area contributed by atoms with Crippen molar-refractivity contribution < 1.29 is 4.79 Å². The molecule has 3 heterocycles. The van der Waals surface area contributed by atoms with Gasteiger partial charge in [-0.3, -0.25) is 9.69 Å². The summed E-state index contributed by atoms with van der Waals surface area (Å²) in [7, 11) is 0. The van der Waals surface area contributed by atoms with Crippen LogP contribution >= 0.6 is 0 Å². The van der Waals surface area contributed by atoms with Crippen LogP contribution in [0, 0.1) is 0 Å². The maximum Gasteiger partial charge on any atom is 0.268 e. The van der Waals surface area contributed by atoms with Crippen LogP contribution < -0.4 is 11.1 Å². The number of amides is 1. The lowest BCUT2D eigenvalue weighted by molar-refractivity contribution is 0.0911. The molecule has 0 spiro atoms. The van der Waals surface area contributed by atoms with Crippen LogP contribution in [0.1, 0.15) is 36.2 Å². The molecule has 5 nitrogen and oxygen atoms in total. The molecule has 0 aromatic carbocycles. The minimum absolute atomic E-state index is 0.0378. The molecule has 98 valence electrons. The van der Waals surface area contributed by atoms with Crippen LogP contribution in [0.25, 0.3) is 0 Å². The number of carbonyl (C=O) groups excluding carboxylic acids is 1. The molecule has 1 aromatic heterocycles. The van der Waals surface area contributed by atoms with Crippen LogP contribution in [-0.2, 0) is 0 Å². The second kappa shape index (κ2) is 4.65. The van der Waals surface area contributed by atoms with Gasteiger partial charge < -0.3 is 16.0 Å². The summed E-state index contributed by atoms with van der Waals surface area (Å²) in [4.78, 5) is 17.5. The molecule has 3 rings (SSSR count). The average Bonchev–Trinajstić information content (AvgIpc) is 2.97. The van der Waals surface area contributed by atoms with E-state index in [1.165, 1.54) is 25.8 Å². The Morgan fingerprint density at radius 1 is 1.39 bits per heavy atom. The molecule has 0 saturated carbocycles. The number of nitrogens with one attached hydrogen (secondary N) is 2. The van der Waals surface area contributed by atoms with Gasteiger partial charge in [-0.2, -0.15) is 0 Å². The van der Waals surface area contributed by atoms with Crippen LogP contribution in [-0.4, -0.2) is 41.0 Å². The van der Waals surface area contributed by atoms with E-state index in [1.54, 1.807) is 12.3 Å². The summed E-state index contributed by atoms with van der Waals surface area (Å²) in [5.41, 5.74) is 6.77. The molecule has 5 heteroatoms. The zero-order valence-electron chi connectivity index (χ0n) is 10.5. The lowest BCUT2D eigenvalue weighted by Crippen LogP contribution is -2.46. The molecule has 4 N–H and O–H groups in total. The maximum atomic E-state index is 12.1. The summed E-state index contributed by atoms with van der Waals surface area (Å²) in [5.74, 6) is -0.0378. The van der Waals surface area contributed by atoms with E-state index >= 15 is 0 Å². The molecule has 0 aliphatic carbocycles. The Labute approximate surface area is 107 Å². The number of anilines is 1. The summed E-state index contributed by atoms with van der Waals surface area (Å²) in [6.45, 7) is 2.30. The van der Waals surface area contributed by atoms with Gasteiger partial charge in [0.2, 0.25) is 0 Å². The van der Waals surface area contributed by atoms with E-state index in [0.29, 0.717) is 23.5 Å². The van der Waals surface area contributed by atoms with E-state index < -0.39 is 0 Å². The summed E-state index contributed by atoms with van der Waals surface area (Å²) >= 11 is 0. The number of aromatic nitrogens is 1. The van der Waals surface area contributed by atoms with Gasteiger partial charge in [-0.05, 0) is 31.9 Å². The molecule has 2 fully saturated rings.